The summed E-state index contributed by atoms with van der Waals surface area (Å²) >= 11 is 0. The maximum absolute atomic E-state index is 12.3. The van der Waals surface area contributed by atoms with Crippen LogP contribution in [0.5, 0.6) is 11.5 Å². The molecule has 0 radical (unpaired) electrons. The van der Waals surface area contributed by atoms with Crippen molar-refractivity contribution >= 4 is 11.8 Å². The molecule has 6 heteroatoms. The van der Waals surface area contributed by atoms with Crippen LogP contribution >= 0.6 is 0 Å². The molecule has 2 rings (SSSR count). The molecule has 2 amide bonds. The molecular weight excluding hydrogens is 344 g/mol. The molecule has 2 aromatic rings. The van der Waals surface area contributed by atoms with Crippen LogP contribution in [0.15, 0.2) is 48.5 Å². The molecule has 0 aliphatic rings. The number of hydrogen-bond donors (Lipinski definition) is 1. The molecule has 0 atom stereocenters. The Balaban J connectivity index is 1.77. The molecule has 0 heterocycles. The first-order chi connectivity index (χ1) is 13.0. The van der Waals surface area contributed by atoms with E-state index in [4.69, 9.17) is 9.47 Å². The predicted octanol–water partition coefficient (Wildman–Crippen LogP) is 2.66. The van der Waals surface area contributed by atoms with E-state index >= 15 is 0 Å². The van der Waals surface area contributed by atoms with Crippen molar-refractivity contribution in [2.24, 2.45) is 0 Å². The number of carbonyl (C=O) groups is 2. The molecule has 144 valence electrons. The predicted molar refractivity (Wildman–Crippen MR) is 104 cm³/mol. The smallest absolute Gasteiger partial charge is 0.255 e. The summed E-state index contributed by atoms with van der Waals surface area (Å²) in [7, 11) is 1.68. The first kappa shape index (κ1) is 20.3. The van der Waals surface area contributed by atoms with E-state index < -0.39 is 0 Å². The van der Waals surface area contributed by atoms with Crippen LogP contribution in [0.2, 0.25) is 0 Å². The van der Waals surface area contributed by atoms with E-state index in [1.165, 1.54) is 4.90 Å². The van der Waals surface area contributed by atoms with Crippen molar-refractivity contribution in [1.82, 2.24) is 10.2 Å². The minimum absolute atomic E-state index is 0.0830. The van der Waals surface area contributed by atoms with Gasteiger partial charge in [-0.05, 0) is 38.1 Å². The van der Waals surface area contributed by atoms with Gasteiger partial charge in [-0.15, -0.1) is 0 Å². The van der Waals surface area contributed by atoms with Gasteiger partial charge in [-0.1, -0.05) is 29.8 Å². The summed E-state index contributed by atoms with van der Waals surface area (Å²) in [5, 5.41) is 2.64. The van der Waals surface area contributed by atoms with Gasteiger partial charge in [0.15, 0.2) is 0 Å². The largest absolute Gasteiger partial charge is 0.493 e. The average molecular weight is 370 g/mol. The fraction of sp³-hybridized carbons (Fsp3) is 0.333. The van der Waals surface area contributed by atoms with Gasteiger partial charge in [0.05, 0.1) is 25.3 Å². The quantitative estimate of drug-likeness (QED) is 0.737. The van der Waals surface area contributed by atoms with E-state index in [0.29, 0.717) is 31.1 Å². The third-order valence-corrected chi connectivity index (χ3v) is 3.97. The third-order valence-electron chi connectivity index (χ3n) is 3.97. The van der Waals surface area contributed by atoms with Crippen LogP contribution in [-0.2, 0) is 4.79 Å². The summed E-state index contributed by atoms with van der Waals surface area (Å²) in [6.07, 6.45) is 0. The van der Waals surface area contributed by atoms with Crippen LogP contribution in [0.3, 0.4) is 0 Å². The Morgan fingerprint density at radius 2 is 1.74 bits per heavy atom. The van der Waals surface area contributed by atoms with E-state index in [2.05, 4.69) is 5.32 Å². The van der Waals surface area contributed by atoms with Gasteiger partial charge in [-0.25, -0.2) is 0 Å². The van der Waals surface area contributed by atoms with Gasteiger partial charge in [0.1, 0.15) is 18.1 Å². The maximum Gasteiger partial charge on any atom is 0.255 e. The van der Waals surface area contributed by atoms with Crippen molar-refractivity contribution in [2.75, 3.05) is 33.4 Å². The molecular formula is C21H26N2O4. The molecule has 0 saturated heterocycles. The Hall–Kier alpha value is -3.02. The number of likely N-dealkylation sites (N-methyl/N-ethyl adjacent to an activating group) is 1. The lowest BCUT2D eigenvalue weighted by atomic mass is 10.2. The second kappa shape index (κ2) is 10.2. The van der Waals surface area contributed by atoms with Gasteiger partial charge in [-0.3, -0.25) is 9.59 Å². The number of hydrogen-bond acceptors (Lipinski definition) is 4. The lowest BCUT2D eigenvalue weighted by molar-refractivity contribution is -0.129. The molecule has 0 fully saturated rings. The third kappa shape index (κ3) is 6.33. The Morgan fingerprint density at radius 3 is 2.44 bits per heavy atom. The molecule has 0 saturated carbocycles. The fourth-order valence-corrected chi connectivity index (χ4v) is 2.38. The number of benzene rings is 2. The van der Waals surface area contributed by atoms with E-state index in [9.17, 15) is 9.59 Å². The van der Waals surface area contributed by atoms with Gasteiger partial charge < -0.3 is 19.7 Å². The summed E-state index contributed by atoms with van der Waals surface area (Å²) in [5.41, 5.74) is 1.58. The Labute approximate surface area is 160 Å². The van der Waals surface area contributed by atoms with Gasteiger partial charge in [0.25, 0.3) is 5.91 Å². The molecule has 0 bridgehead atoms. The second-order valence-electron chi connectivity index (χ2n) is 6.09. The van der Waals surface area contributed by atoms with Crippen LogP contribution < -0.4 is 14.8 Å². The number of carbonyl (C=O) groups excluding carboxylic acids is 2. The number of para-hydroxylation sites is 1. The highest BCUT2D eigenvalue weighted by Gasteiger charge is 2.15. The molecule has 0 aliphatic heterocycles. The standard InChI is InChI=1S/C21H26N2O4/c1-4-26-19-8-6-5-7-18(19)21(25)22-15-20(24)23(3)13-14-27-17-11-9-16(2)10-12-17/h5-12H,4,13-15H2,1-3H3,(H,22,25). The molecule has 0 aliphatic carbocycles. The van der Waals surface area contributed by atoms with Gasteiger partial charge >= 0.3 is 0 Å². The fourth-order valence-electron chi connectivity index (χ4n) is 2.38. The number of nitrogens with one attached hydrogen (secondary N) is 1. The van der Waals surface area contributed by atoms with E-state index in [0.717, 1.165) is 11.3 Å². The zero-order valence-corrected chi connectivity index (χ0v) is 16.0. The Morgan fingerprint density at radius 1 is 1.04 bits per heavy atom. The lowest BCUT2D eigenvalue weighted by Crippen LogP contribution is -2.39. The average Bonchev–Trinajstić information content (AvgIpc) is 2.68. The van der Waals surface area contributed by atoms with Crippen LogP contribution in [0.25, 0.3) is 0 Å². The second-order valence-corrected chi connectivity index (χ2v) is 6.09. The molecule has 1 N–H and O–H groups in total. The number of amides is 2. The lowest BCUT2D eigenvalue weighted by Gasteiger charge is -2.18. The van der Waals surface area contributed by atoms with Crippen molar-refractivity contribution in [3.8, 4) is 11.5 Å². The van der Waals surface area contributed by atoms with Crippen molar-refractivity contribution in [3.63, 3.8) is 0 Å². The van der Waals surface area contributed by atoms with Crippen LogP contribution in [0, 0.1) is 6.92 Å². The summed E-state index contributed by atoms with van der Waals surface area (Å²) in [4.78, 5) is 26.0. The molecule has 0 unspecified atom stereocenters. The van der Waals surface area contributed by atoms with Crippen LogP contribution in [0.4, 0.5) is 0 Å². The Bertz CT molecular complexity index is 759. The minimum atomic E-state index is -0.336. The van der Waals surface area contributed by atoms with E-state index in [1.807, 2.05) is 38.1 Å². The zero-order chi connectivity index (χ0) is 19.6. The SMILES string of the molecule is CCOc1ccccc1C(=O)NCC(=O)N(C)CCOc1ccc(C)cc1. The number of nitrogens with zero attached hydrogens (tertiary/aromatic N) is 1. The van der Waals surface area contributed by atoms with Crippen molar-refractivity contribution in [2.45, 2.75) is 13.8 Å². The number of aryl methyl sites for hydroxylation is 1. The van der Waals surface area contributed by atoms with Gasteiger partial charge in [-0.2, -0.15) is 0 Å². The van der Waals surface area contributed by atoms with Gasteiger partial charge in [0.2, 0.25) is 5.91 Å². The van der Waals surface area contributed by atoms with E-state index in [-0.39, 0.29) is 18.4 Å². The summed E-state index contributed by atoms with van der Waals surface area (Å²) in [6, 6.07) is 14.7. The summed E-state index contributed by atoms with van der Waals surface area (Å²) < 4.78 is 11.1. The topological polar surface area (TPSA) is 67.9 Å². The van der Waals surface area contributed by atoms with Crippen LogP contribution in [0.1, 0.15) is 22.8 Å². The number of ether oxygens (including phenoxy) is 2. The molecule has 6 nitrogen and oxygen atoms in total. The highest BCUT2D eigenvalue weighted by Crippen LogP contribution is 2.17. The normalized spacial score (nSPS) is 10.2. The number of rotatable bonds is 9. The first-order valence-electron chi connectivity index (χ1n) is 8.94. The molecule has 0 aromatic heterocycles. The van der Waals surface area contributed by atoms with Crippen molar-refractivity contribution in [1.29, 1.82) is 0 Å². The monoisotopic (exact) mass is 370 g/mol. The summed E-state index contributed by atoms with van der Waals surface area (Å²) in [5.74, 6) is 0.744. The van der Waals surface area contributed by atoms with Crippen molar-refractivity contribution < 1.29 is 19.1 Å². The van der Waals surface area contributed by atoms with Crippen molar-refractivity contribution in [3.05, 3.63) is 59.7 Å². The molecule has 27 heavy (non-hydrogen) atoms. The van der Waals surface area contributed by atoms with Gasteiger partial charge in [0, 0.05) is 7.05 Å². The Kier molecular flexibility index (Phi) is 7.67. The van der Waals surface area contributed by atoms with Crippen LogP contribution in [-0.4, -0.2) is 50.1 Å². The highest BCUT2D eigenvalue weighted by atomic mass is 16.5. The summed E-state index contributed by atoms with van der Waals surface area (Å²) in [6.45, 7) is 5.06. The molecule has 2 aromatic carbocycles. The zero-order valence-electron chi connectivity index (χ0n) is 16.0. The maximum atomic E-state index is 12.3. The minimum Gasteiger partial charge on any atom is -0.493 e. The molecule has 0 spiro atoms. The first-order valence-corrected chi connectivity index (χ1v) is 8.94. The van der Waals surface area contributed by atoms with E-state index in [1.54, 1.807) is 31.3 Å². The highest BCUT2D eigenvalue weighted by molar-refractivity contribution is 5.98.